The third-order valence-corrected chi connectivity index (χ3v) is 3.74. The fourth-order valence-corrected chi connectivity index (χ4v) is 2.43. The molecule has 1 unspecified atom stereocenters. The highest BCUT2D eigenvalue weighted by Crippen LogP contribution is 2.24. The summed E-state index contributed by atoms with van der Waals surface area (Å²) in [4.78, 5) is 28.8. The average molecular weight is 248 g/mol. The van der Waals surface area contributed by atoms with Crippen LogP contribution in [0, 0.1) is 18.8 Å². The summed E-state index contributed by atoms with van der Waals surface area (Å²) in [7, 11) is 0. The molecule has 2 rings (SSSR count). The Balaban J connectivity index is 2.15. The molecule has 1 saturated heterocycles. The van der Waals surface area contributed by atoms with Crippen molar-refractivity contribution in [2.24, 2.45) is 11.8 Å². The second-order valence-corrected chi connectivity index (χ2v) is 5.44. The number of likely N-dealkylation sites (tertiary alicyclic amines) is 1. The molecule has 1 fully saturated rings. The lowest BCUT2D eigenvalue weighted by Gasteiger charge is -2.17. The van der Waals surface area contributed by atoms with Gasteiger partial charge in [0.05, 0.1) is 0 Å². The van der Waals surface area contributed by atoms with E-state index in [0.29, 0.717) is 11.8 Å². The molecule has 0 saturated carbocycles. The molecular formula is C14H20N2O2. The van der Waals surface area contributed by atoms with E-state index in [0.717, 1.165) is 25.2 Å². The van der Waals surface area contributed by atoms with Gasteiger partial charge in [-0.05, 0) is 25.2 Å². The van der Waals surface area contributed by atoms with Crippen molar-refractivity contribution >= 4 is 5.91 Å². The summed E-state index contributed by atoms with van der Waals surface area (Å²) >= 11 is 0. The van der Waals surface area contributed by atoms with Gasteiger partial charge in [-0.3, -0.25) is 9.59 Å². The minimum atomic E-state index is -0.191. The number of nitrogens with zero attached hydrogens (tertiary/aromatic N) is 1. The van der Waals surface area contributed by atoms with Crippen LogP contribution in [-0.4, -0.2) is 28.9 Å². The van der Waals surface area contributed by atoms with Crippen LogP contribution in [0.1, 0.15) is 36.3 Å². The molecule has 1 aromatic rings. The molecule has 4 heteroatoms. The van der Waals surface area contributed by atoms with Crippen molar-refractivity contribution in [1.82, 2.24) is 9.88 Å². The number of amides is 1. The van der Waals surface area contributed by atoms with Crippen LogP contribution in [0.15, 0.2) is 17.1 Å². The Morgan fingerprint density at radius 3 is 2.78 bits per heavy atom. The Labute approximate surface area is 107 Å². The quantitative estimate of drug-likeness (QED) is 0.867. The molecular weight excluding hydrogens is 228 g/mol. The smallest absolute Gasteiger partial charge is 0.259 e. The zero-order chi connectivity index (χ0) is 13.3. The first-order valence-corrected chi connectivity index (χ1v) is 6.47. The third-order valence-electron chi connectivity index (χ3n) is 3.74. The number of H-pyrrole nitrogens is 1. The van der Waals surface area contributed by atoms with Crippen molar-refractivity contribution < 1.29 is 4.79 Å². The number of nitrogens with one attached hydrogen (secondary N) is 1. The molecule has 18 heavy (non-hydrogen) atoms. The fraction of sp³-hybridized carbons (Fsp3) is 0.571. The Morgan fingerprint density at radius 2 is 2.22 bits per heavy atom. The zero-order valence-electron chi connectivity index (χ0n) is 11.2. The van der Waals surface area contributed by atoms with E-state index in [2.05, 4.69) is 18.8 Å². The lowest BCUT2D eigenvalue weighted by Crippen LogP contribution is -2.33. The van der Waals surface area contributed by atoms with Crippen LogP contribution in [-0.2, 0) is 0 Å². The Bertz CT molecular complexity index is 505. The van der Waals surface area contributed by atoms with Crippen LogP contribution < -0.4 is 5.43 Å². The third kappa shape index (κ3) is 2.47. The lowest BCUT2D eigenvalue weighted by molar-refractivity contribution is 0.0782. The number of hydrogen-bond acceptors (Lipinski definition) is 2. The molecule has 98 valence electrons. The summed E-state index contributed by atoms with van der Waals surface area (Å²) < 4.78 is 0. The highest BCUT2D eigenvalue weighted by molar-refractivity contribution is 5.94. The SMILES string of the molecule is Cc1cc(=O)c(C(=O)N2CCC(C(C)C)C2)c[nH]1. The normalized spacial score (nSPS) is 19.6. The molecule has 0 aliphatic carbocycles. The highest BCUT2D eigenvalue weighted by atomic mass is 16.2. The van der Waals surface area contributed by atoms with Crippen LogP contribution in [0.2, 0.25) is 0 Å². The largest absolute Gasteiger partial charge is 0.364 e. The Morgan fingerprint density at radius 1 is 1.50 bits per heavy atom. The van der Waals surface area contributed by atoms with Gasteiger partial charge in [-0.1, -0.05) is 13.8 Å². The van der Waals surface area contributed by atoms with Gasteiger partial charge in [0.25, 0.3) is 5.91 Å². The van der Waals surface area contributed by atoms with E-state index in [1.807, 2.05) is 0 Å². The molecule has 1 aliphatic heterocycles. The van der Waals surface area contributed by atoms with Gasteiger partial charge < -0.3 is 9.88 Å². The standard InChI is InChI=1S/C14H20N2O2/c1-9(2)11-4-5-16(8-11)14(18)12-7-15-10(3)6-13(12)17/h6-7,9,11H,4-5,8H2,1-3H3,(H,15,17). The number of aromatic nitrogens is 1. The molecule has 0 aromatic carbocycles. The second kappa shape index (κ2) is 4.96. The van der Waals surface area contributed by atoms with E-state index in [-0.39, 0.29) is 16.9 Å². The maximum Gasteiger partial charge on any atom is 0.259 e. The first-order chi connectivity index (χ1) is 8.49. The van der Waals surface area contributed by atoms with E-state index in [1.165, 1.54) is 12.3 Å². The van der Waals surface area contributed by atoms with E-state index >= 15 is 0 Å². The van der Waals surface area contributed by atoms with Gasteiger partial charge >= 0.3 is 0 Å². The second-order valence-electron chi connectivity index (χ2n) is 5.44. The molecule has 1 aromatic heterocycles. The van der Waals surface area contributed by atoms with E-state index in [9.17, 15) is 9.59 Å². The van der Waals surface area contributed by atoms with Crippen molar-refractivity contribution in [3.63, 3.8) is 0 Å². The summed E-state index contributed by atoms with van der Waals surface area (Å²) in [6.07, 6.45) is 2.57. The number of aromatic amines is 1. The maximum absolute atomic E-state index is 12.3. The van der Waals surface area contributed by atoms with Gasteiger partial charge in [0.2, 0.25) is 0 Å². The Hall–Kier alpha value is -1.58. The van der Waals surface area contributed by atoms with Crippen LogP contribution in [0.25, 0.3) is 0 Å². The topological polar surface area (TPSA) is 53.2 Å². The number of pyridine rings is 1. The first kappa shape index (κ1) is 12.9. The lowest BCUT2D eigenvalue weighted by atomic mass is 9.95. The van der Waals surface area contributed by atoms with Gasteiger partial charge in [0, 0.05) is 31.0 Å². The molecule has 1 N–H and O–H groups in total. The van der Waals surface area contributed by atoms with Crippen molar-refractivity contribution in [3.8, 4) is 0 Å². The number of aryl methyl sites for hydroxylation is 1. The number of hydrogen-bond donors (Lipinski definition) is 1. The fourth-order valence-electron chi connectivity index (χ4n) is 2.43. The van der Waals surface area contributed by atoms with Crippen LogP contribution in [0.3, 0.4) is 0 Å². The summed E-state index contributed by atoms with van der Waals surface area (Å²) in [6, 6.07) is 1.48. The minimum Gasteiger partial charge on any atom is -0.364 e. The van der Waals surface area contributed by atoms with Gasteiger partial charge in [-0.25, -0.2) is 0 Å². The van der Waals surface area contributed by atoms with Gasteiger partial charge in [-0.2, -0.15) is 0 Å². The van der Waals surface area contributed by atoms with Crippen molar-refractivity contribution in [2.75, 3.05) is 13.1 Å². The molecule has 4 nitrogen and oxygen atoms in total. The number of carbonyl (C=O) groups excluding carboxylic acids is 1. The molecule has 1 aliphatic rings. The van der Waals surface area contributed by atoms with Gasteiger partial charge in [0.1, 0.15) is 5.56 Å². The van der Waals surface area contributed by atoms with E-state index in [4.69, 9.17) is 0 Å². The molecule has 0 bridgehead atoms. The predicted octanol–water partition coefficient (Wildman–Crippen LogP) is 1.80. The number of rotatable bonds is 2. The Kier molecular flexibility index (Phi) is 3.55. The molecule has 2 heterocycles. The monoisotopic (exact) mass is 248 g/mol. The van der Waals surface area contributed by atoms with Crippen LogP contribution >= 0.6 is 0 Å². The number of carbonyl (C=O) groups is 1. The molecule has 0 spiro atoms. The van der Waals surface area contributed by atoms with E-state index in [1.54, 1.807) is 11.8 Å². The molecule has 0 radical (unpaired) electrons. The molecule has 1 atom stereocenters. The van der Waals surface area contributed by atoms with Gasteiger partial charge in [0.15, 0.2) is 5.43 Å². The maximum atomic E-state index is 12.3. The van der Waals surface area contributed by atoms with Gasteiger partial charge in [-0.15, -0.1) is 0 Å². The summed E-state index contributed by atoms with van der Waals surface area (Å²) in [5.74, 6) is 0.997. The summed E-state index contributed by atoms with van der Waals surface area (Å²) in [5, 5.41) is 0. The van der Waals surface area contributed by atoms with Crippen molar-refractivity contribution in [2.45, 2.75) is 27.2 Å². The predicted molar refractivity (Wildman–Crippen MR) is 70.6 cm³/mol. The van der Waals surface area contributed by atoms with Crippen molar-refractivity contribution in [3.05, 3.63) is 33.7 Å². The highest BCUT2D eigenvalue weighted by Gasteiger charge is 2.29. The minimum absolute atomic E-state index is 0.139. The van der Waals surface area contributed by atoms with E-state index < -0.39 is 0 Å². The summed E-state index contributed by atoms with van der Waals surface area (Å²) in [6.45, 7) is 7.69. The van der Waals surface area contributed by atoms with Crippen LogP contribution in [0.5, 0.6) is 0 Å². The zero-order valence-corrected chi connectivity index (χ0v) is 11.2. The summed E-state index contributed by atoms with van der Waals surface area (Å²) in [5.41, 5.74) is 0.840. The first-order valence-electron chi connectivity index (χ1n) is 6.47. The average Bonchev–Trinajstić information content (AvgIpc) is 2.77. The molecule has 1 amide bonds. The van der Waals surface area contributed by atoms with Crippen molar-refractivity contribution in [1.29, 1.82) is 0 Å². The van der Waals surface area contributed by atoms with Crippen LogP contribution in [0.4, 0.5) is 0 Å².